The van der Waals surface area contributed by atoms with Crippen LogP contribution in [-0.4, -0.2) is 110 Å². The number of alkyl carbamates (subject to hydrolysis) is 1. The quantitative estimate of drug-likeness (QED) is 0.196. The Morgan fingerprint density at radius 3 is 2.58 bits per heavy atom. The first-order valence-electron chi connectivity index (χ1n) is 17.4. The summed E-state index contributed by atoms with van der Waals surface area (Å²) in [4.78, 5) is 56.1. The van der Waals surface area contributed by atoms with Crippen molar-refractivity contribution in [2.45, 2.75) is 101 Å². The standard InChI is InChI=1S/C37H52ClN3O10S/c1-20-11-10-12-28(48-9)37(46)18-27(49-35(45)39-37)22(3)33-36(5,51-33)32(50-30(43)19-40(6)29(42)14-13-21(2)52)23(4)34(44)41(7)25-16-24(15-20)17-26(47-8)31(25)38/h10-12,16-17,21-23,27-28,32-33,46,52H,13-15,18-19H2,1-9H3,(H,39,45)/b12-10+,20-11+/t21?,22-,23?,27?,28-,32+,33+,36+,37+/m1/s1. The normalized spacial score (nSPS) is 33.0. The molecule has 3 aliphatic rings. The molecule has 0 radical (unpaired) electrons. The Morgan fingerprint density at radius 2 is 1.94 bits per heavy atom. The number of amides is 3. The molecule has 3 unspecified atom stereocenters. The Hall–Kier alpha value is -3.30. The van der Waals surface area contributed by atoms with Gasteiger partial charge < -0.3 is 38.6 Å². The fourth-order valence-corrected chi connectivity index (χ4v) is 7.48. The summed E-state index contributed by atoms with van der Waals surface area (Å²) in [5.41, 5.74) is -0.925. The minimum atomic E-state index is -1.83. The van der Waals surface area contributed by atoms with E-state index in [1.54, 1.807) is 52.1 Å². The number of fused-ring (bicyclic) bond motifs is 5. The zero-order chi connectivity index (χ0) is 38.7. The van der Waals surface area contributed by atoms with Crippen LogP contribution in [0.15, 0.2) is 35.9 Å². The number of aliphatic hydroxyl groups is 1. The van der Waals surface area contributed by atoms with Crippen LogP contribution in [0.1, 0.15) is 59.4 Å². The lowest BCUT2D eigenvalue weighted by molar-refractivity contribution is -0.160. The van der Waals surface area contributed by atoms with E-state index in [-0.39, 0.29) is 35.6 Å². The van der Waals surface area contributed by atoms with Crippen LogP contribution in [0.5, 0.6) is 5.75 Å². The van der Waals surface area contributed by atoms with Crippen LogP contribution < -0.4 is 15.0 Å². The summed E-state index contributed by atoms with van der Waals surface area (Å²) in [5.74, 6) is -2.54. The minimum absolute atomic E-state index is 0.0115. The van der Waals surface area contributed by atoms with Crippen molar-refractivity contribution in [3.63, 3.8) is 0 Å². The van der Waals surface area contributed by atoms with Crippen molar-refractivity contribution in [3.8, 4) is 5.75 Å². The number of likely N-dealkylation sites (N-methyl/N-ethyl adjacent to an activating group) is 1. The molecule has 288 valence electrons. The monoisotopic (exact) mass is 765 g/mol. The fraction of sp³-hybridized carbons (Fsp3) is 0.622. The van der Waals surface area contributed by atoms with Gasteiger partial charge in [-0.05, 0) is 56.6 Å². The number of carbonyl (C=O) groups excluding carboxylic acids is 4. The first kappa shape index (κ1) is 41.5. The van der Waals surface area contributed by atoms with E-state index >= 15 is 0 Å². The average Bonchev–Trinajstić information content (AvgIpc) is 3.77. The van der Waals surface area contributed by atoms with E-state index in [1.807, 2.05) is 19.9 Å². The molecule has 0 saturated carbocycles. The van der Waals surface area contributed by atoms with E-state index in [2.05, 4.69) is 17.9 Å². The highest BCUT2D eigenvalue weighted by Gasteiger charge is 2.66. The van der Waals surface area contributed by atoms with Gasteiger partial charge in [0.05, 0.1) is 24.8 Å². The molecule has 3 aliphatic heterocycles. The number of hydrogen-bond donors (Lipinski definition) is 3. The number of allylic oxidation sites excluding steroid dienone is 3. The maximum atomic E-state index is 14.4. The summed E-state index contributed by atoms with van der Waals surface area (Å²) in [6.45, 7) is 8.61. The Morgan fingerprint density at radius 1 is 1.25 bits per heavy atom. The van der Waals surface area contributed by atoms with E-state index in [0.717, 1.165) is 11.1 Å². The van der Waals surface area contributed by atoms with Gasteiger partial charge in [-0.25, -0.2) is 4.79 Å². The van der Waals surface area contributed by atoms with Crippen LogP contribution in [0.3, 0.4) is 0 Å². The lowest BCUT2D eigenvalue weighted by Crippen LogP contribution is -2.63. The predicted octanol–water partition coefficient (Wildman–Crippen LogP) is 4.47. The molecule has 0 aromatic heterocycles. The summed E-state index contributed by atoms with van der Waals surface area (Å²) in [5, 5.41) is 14.5. The number of esters is 1. The van der Waals surface area contributed by atoms with Crippen LogP contribution in [0.25, 0.3) is 0 Å². The maximum Gasteiger partial charge on any atom is 0.409 e. The first-order chi connectivity index (χ1) is 24.3. The summed E-state index contributed by atoms with van der Waals surface area (Å²) >= 11 is 11.1. The third kappa shape index (κ3) is 9.25. The molecule has 2 saturated heterocycles. The number of nitrogens with zero attached hydrogens (tertiary/aromatic N) is 2. The number of carbonyl (C=O) groups is 4. The van der Waals surface area contributed by atoms with Gasteiger partial charge in [-0.3, -0.25) is 19.7 Å². The first-order valence-corrected chi connectivity index (χ1v) is 18.3. The number of hydrogen-bond acceptors (Lipinski definition) is 11. The van der Waals surface area contributed by atoms with Crippen molar-refractivity contribution in [3.05, 3.63) is 46.5 Å². The zero-order valence-corrected chi connectivity index (χ0v) is 33.0. The van der Waals surface area contributed by atoms with Gasteiger partial charge in [-0.1, -0.05) is 49.2 Å². The smallest absolute Gasteiger partial charge is 0.409 e. The fourth-order valence-electron chi connectivity index (χ4n) is 7.04. The summed E-state index contributed by atoms with van der Waals surface area (Å²) in [6, 6.07) is 3.59. The van der Waals surface area contributed by atoms with Gasteiger partial charge in [0.1, 0.15) is 41.2 Å². The van der Waals surface area contributed by atoms with E-state index in [0.29, 0.717) is 24.3 Å². The average molecular weight is 766 g/mol. The van der Waals surface area contributed by atoms with E-state index in [9.17, 15) is 24.3 Å². The lowest BCUT2D eigenvalue weighted by atomic mass is 9.81. The SMILES string of the molecule is COc1cc2cc(c1Cl)N(C)C(=O)C(C)[C@H](OC(=O)CN(C)C(=O)CCC(C)S)[C@]1(C)O[C@H]1[C@H](C)C1C[C@@](O)(NC(=O)O1)[C@H](OC)/C=C/C=C(\C)C2. The summed E-state index contributed by atoms with van der Waals surface area (Å²) < 4.78 is 29.2. The van der Waals surface area contributed by atoms with E-state index < -0.39 is 65.5 Å². The van der Waals surface area contributed by atoms with E-state index in [1.165, 1.54) is 31.1 Å². The Kier molecular flexibility index (Phi) is 13.4. The molecule has 0 aliphatic carbocycles. The second kappa shape index (κ2) is 16.8. The molecule has 4 bridgehead atoms. The number of epoxide rings is 1. The van der Waals surface area contributed by atoms with Crippen LogP contribution in [0.2, 0.25) is 5.02 Å². The van der Waals surface area contributed by atoms with Crippen LogP contribution in [-0.2, 0) is 39.8 Å². The summed E-state index contributed by atoms with van der Waals surface area (Å²) in [6.07, 6.45) is 1.98. The molecule has 13 nitrogen and oxygen atoms in total. The second-order valence-corrected chi connectivity index (χ2v) is 15.6. The van der Waals surface area contributed by atoms with Crippen molar-refractivity contribution < 1.29 is 48.0 Å². The van der Waals surface area contributed by atoms with Crippen molar-refractivity contribution in [1.82, 2.24) is 10.2 Å². The third-order valence-electron chi connectivity index (χ3n) is 10.1. The maximum absolute atomic E-state index is 14.4. The minimum Gasteiger partial charge on any atom is -0.495 e. The molecule has 9 atom stereocenters. The molecule has 1 aromatic carbocycles. The highest BCUT2D eigenvalue weighted by molar-refractivity contribution is 7.80. The molecule has 3 amide bonds. The number of nitrogens with one attached hydrogen (secondary N) is 1. The van der Waals surface area contributed by atoms with Crippen molar-refractivity contribution in [2.75, 3.05) is 39.8 Å². The third-order valence-corrected chi connectivity index (χ3v) is 10.8. The van der Waals surface area contributed by atoms with Crippen molar-refractivity contribution >= 4 is 53.8 Å². The van der Waals surface area contributed by atoms with Gasteiger partial charge in [0.25, 0.3) is 0 Å². The van der Waals surface area contributed by atoms with Gasteiger partial charge in [0.15, 0.2) is 5.72 Å². The highest BCUT2D eigenvalue weighted by Crippen LogP contribution is 2.50. The largest absolute Gasteiger partial charge is 0.495 e. The molecule has 2 fully saturated rings. The molecule has 1 aromatic rings. The molecule has 3 heterocycles. The molecule has 15 heteroatoms. The zero-order valence-electron chi connectivity index (χ0n) is 31.3. The number of ether oxygens (including phenoxy) is 5. The predicted molar refractivity (Wildman–Crippen MR) is 199 cm³/mol. The Bertz CT molecular complexity index is 1590. The number of benzene rings is 1. The Labute approximate surface area is 316 Å². The van der Waals surface area contributed by atoms with Crippen LogP contribution >= 0.6 is 24.2 Å². The van der Waals surface area contributed by atoms with Crippen LogP contribution in [0.4, 0.5) is 10.5 Å². The number of rotatable bonds is 8. The molecular formula is C37H52ClN3O10S. The molecular weight excluding hydrogens is 714 g/mol. The molecule has 2 N–H and O–H groups in total. The van der Waals surface area contributed by atoms with Gasteiger partial charge in [-0.15, -0.1) is 0 Å². The number of thiol groups is 1. The molecule has 52 heavy (non-hydrogen) atoms. The lowest BCUT2D eigenvalue weighted by Gasteiger charge is -2.42. The van der Waals surface area contributed by atoms with Crippen molar-refractivity contribution in [2.24, 2.45) is 11.8 Å². The Balaban J connectivity index is 1.77. The second-order valence-electron chi connectivity index (χ2n) is 14.4. The topological polar surface area (TPSA) is 156 Å². The van der Waals surface area contributed by atoms with Gasteiger partial charge in [0.2, 0.25) is 11.8 Å². The highest BCUT2D eigenvalue weighted by atomic mass is 35.5. The summed E-state index contributed by atoms with van der Waals surface area (Å²) in [7, 11) is 6.02. The molecule has 4 rings (SSSR count). The van der Waals surface area contributed by atoms with Gasteiger partial charge >= 0.3 is 12.1 Å². The molecule has 0 spiro atoms. The number of methoxy groups -OCH3 is 2. The van der Waals surface area contributed by atoms with Crippen LogP contribution in [0, 0.1) is 11.8 Å². The number of halogens is 1. The number of anilines is 1. The van der Waals surface area contributed by atoms with E-state index in [4.69, 9.17) is 35.3 Å². The van der Waals surface area contributed by atoms with Crippen molar-refractivity contribution in [1.29, 1.82) is 0 Å². The van der Waals surface area contributed by atoms with Gasteiger partial charge in [0, 0.05) is 40.0 Å². The van der Waals surface area contributed by atoms with Gasteiger partial charge in [-0.2, -0.15) is 12.6 Å².